The first-order chi connectivity index (χ1) is 9.72. The summed E-state index contributed by atoms with van der Waals surface area (Å²) in [4.78, 5) is 15.9. The van der Waals surface area contributed by atoms with Gasteiger partial charge in [0.25, 0.3) is 5.91 Å². The first-order valence-corrected chi connectivity index (χ1v) is 5.98. The summed E-state index contributed by atoms with van der Waals surface area (Å²) in [6, 6.07) is 5.12. The number of H-pyrrole nitrogens is 2. The Labute approximate surface area is 113 Å². The lowest BCUT2D eigenvalue weighted by molar-refractivity contribution is 0.0954. The van der Waals surface area contributed by atoms with Crippen LogP contribution in [0.15, 0.2) is 18.2 Å². The molecule has 0 aliphatic heterocycles. The van der Waals surface area contributed by atoms with Crippen LogP contribution in [-0.2, 0) is 6.42 Å². The highest BCUT2D eigenvalue weighted by Gasteiger charge is 2.08. The maximum Gasteiger partial charge on any atom is 0.251 e. The number of fused-ring (bicyclic) bond motifs is 1. The Balaban J connectivity index is 1.61. The number of nitrogens with zero attached hydrogens (tertiary/aromatic N) is 4. The molecule has 0 aliphatic carbocycles. The monoisotopic (exact) mass is 272 g/mol. The maximum absolute atomic E-state index is 12.0. The van der Waals surface area contributed by atoms with Crippen LogP contribution < -0.4 is 11.1 Å². The Bertz CT molecular complexity index is 746. The quantitative estimate of drug-likeness (QED) is 0.511. The molecule has 20 heavy (non-hydrogen) atoms. The van der Waals surface area contributed by atoms with E-state index in [0.29, 0.717) is 29.9 Å². The minimum absolute atomic E-state index is 0.178. The second-order valence-electron chi connectivity index (χ2n) is 4.17. The van der Waals surface area contributed by atoms with Crippen LogP contribution in [0.25, 0.3) is 11.0 Å². The van der Waals surface area contributed by atoms with E-state index < -0.39 is 0 Å². The van der Waals surface area contributed by atoms with E-state index in [0.717, 1.165) is 5.52 Å². The molecular weight excluding hydrogens is 260 g/mol. The third-order valence-corrected chi connectivity index (χ3v) is 2.77. The van der Waals surface area contributed by atoms with Crippen molar-refractivity contribution in [1.82, 2.24) is 35.9 Å². The largest absolute Gasteiger partial charge is 0.367 e. The number of hydrogen-bond donors (Lipinski definition) is 4. The van der Waals surface area contributed by atoms with E-state index >= 15 is 0 Å². The van der Waals surface area contributed by atoms with E-state index in [1.54, 1.807) is 18.2 Å². The highest BCUT2D eigenvalue weighted by Crippen LogP contribution is 2.10. The lowest BCUT2D eigenvalue weighted by Crippen LogP contribution is -2.25. The average Bonchev–Trinajstić information content (AvgIpc) is 3.06. The first kappa shape index (κ1) is 12.1. The summed E-state index contributed by atoms with van der Waals surface area (Å²) in [5.41, 5.74) is 7.29. The minimum Gasteiger partial charge on any atom is -0.367 e. The maximum atomic E-state index is 12.0. The van der Waals surface area contributed by atoms with Crippen LogP contribution in [0.3, 0.4) is 0 Å². The van der Waals surface area contributed by atoms with E-state index in [2.05, 4.69) is 35.9 Å². The fraction of sp³-hybridized carbons (Fsp3) is 0.182. The zero-order valence-corrected chi connectivity index (χ0v) is 10.4. The van der Waals surface area contributed by atoms with Crippen LogP contribution >= 0.6 is 0 Å². The number of rotatable bonds is 4. The predicted octanol–water partition coefficient (Wildman–Crippen LogP) is -0.369. The molecule has 0 saturated heterocycles. The van der Waals surface area contributed by atoms with Crippen LogP contribution in [0.4, 0.5) is 5.95 Å². The Hall–Kier alpha value is -2.97. The molecule has 1 aromatic carbocycles. The van der Waals surface area contributed by atoms with E-state index in [9.17, 15) is 4.79 Å². The molecule has 5 N–H and O–H groups in total. The van der Waals surface area contributed by atoms with Gasteiger partial charge in [0.1, 0.15) is 16.9 Å². The van der Waals surface area contributed by atoms with Crippen molar-refractivity contribution in [3.05, 3.63) is 29.6 Å². The second-order valence-corrected chi connectivity index (χ2v) is 4.17. The number of nitrogens with one attached hydrogen (secondary N) is 3. The minimum atomic E-state index is -0.178. The molecule has 0 atom stereocenters. The number of nitrogen functional groups attached to an aromatic ring is 1. The molecule has 3 rings (SSSR count). The van der Waals surface area contributed by atoms with Gasteiger partial charge >= 0.3 is 0 Å². The molecule has 0 saturated carbocycles. The van der Waals surface area contributed by atoms with Crippen molar-refractivity contribution in [1.29, 1.82) is 0 Å². The topological polar surface area (TPSA) is 138 Å². The molecule has 9 heteroatoms. The number of amides is 1. The van der Waals surface area contributed by atoms with Gasteiger partial charge in [-0.1, -0.05) is 0 Å². The molecule has 0 fully saturated rings. The third-order valence-electron chi connectivity index (χ3n) is 2.77. The van der Waals surface area contributed by atoms with Crippen LogP contribution in [0.5, 0.6) is 0 Å². The number of aromatic amines is 2. The van der Waals surface area contributed by atoms with Gasteiger partial charge in [0.15, 0.2) is 0 Å². The number of carbonyl (C=O) groups is 1. The number of nitrogens with two attached hydrogens (primary N) is 1. The van der Waals surface area contributed by atoms with Gasteiger partial charge in [-0.2, -0.15) is 20.4 Å². The van der Waals surface area contributed by atoms with Crippen LogP contribution in [0.2, 0.25) is 0 Å². The van der Waals surface area contributed by atoms with Crippen LogP contribution in [0.1, 0.15) is 16.2 Å². The Kier molecular flexibility index (Phi) is 2.99. The van der Waals surface area contributed by atoms with Gasteiger partial charge in [-0.05, 0) is 18.2 Å². The number of carbonyl (C=O) groups excluding carboxylic acids is 1. The lowest BCUT2D eigenvalue weighted by atomic mass is 10.2. The number of hydrogen-bond acceptors (Lipinski definition) is 6. The molecular formula is C11H12N8O. The molecule has 0 aliphatic rings. The highest BCUT2D eigenvalue weighted by atomic mass is 16.1. The van der Waals surface area contributed by atoms with E-state index in [4.69, 9.17) is 5.73 Å². The van der Waals surface area contributed by atoms with Crippen molar-refractivity contribution < 1.29 is 4.79 Å². The van der Waals surface area contributed by atoms with E-state index in [-0.39, 0.29) is 11.9 Å². The van der Waals surface area contributed by atoms with E-state index in [1.807, 2.05) is 0 Å². The Morgan fingerprint density at radius 1 is 1.25 bits per heavy atom. The molecule has 3 aromatic rings. The van der Waals surface area contributed by atoms with Gasteiger partial charge in [-0.3, -0.25) is 9.89 Å². The van der Waals surface area contributed by atoms with Crippen molar-refractivity contribution in [2.45, 2.75) is 6.42 Å². The standard InChI is InChI=1S/C11H12N8O/c12-11-14-9(17-18-11)3-4-13-10(20)6-1-2-7-8(5-6)16-19-15-7/h1-2,5H,3-4H2,(H,13,20)(H,15,16,19)(H3,12,14,17,18). The molecule has 2 heterocycles. The van der Waals surface area contributed by atoms with Crippen LogP contribution in [0, 0.1) is 0 Å². The van der Waals surface area contributed by atoms with Crippen molar-refractivity contribution in [3.8, 4) is 0 Å². The second kappa shape index (κ2) is 4.96. The third kappa shape index (κ3) is 2.41. The zero-order valence-electron chi connectivity index (χ0n) is 10.4. The lowest BCUT2D eigenvalue weighted by Gasteiger charge is -2.03. The normalized spacial score (nSPS) is 10.8. The molecule has 1 amide bonds. The zero-order chi connectivity index (χ0) is 13.9. The molecule has 9 nitrogen and oxygen atoms in total. The average molecular weight is 272 g/mol. The summed E-state index contributed by atoms with van der Waals surface area (Å²) in [6.07, 6.45) is 0.530. The summed E-state index contributed by atoms with van der Waals surface area (Å²) in [5, 5.41) is 19.5. The van der Waals surface area contributed by atoms with Crippen molar-refractivity contribution in [2.24, 2.45) is 0 Å². The Morgan fingerprint density at radius 3 is 2.90 bits per heavy atom. The van der Waals surface area contributed by atoms with Gasteiger partial charge < -0.3 is 11.1 Å². The summed E-state index contributed by atoms with van der Waals surface area (Å²) in [7, 11) is 0. The first-order valence-electron chi connectivity index (χ1n) is 5.98. The summed E-state index contributed by atoms with van der Waals surface area (Å²) in [5.74, 6) is 0.653. The van der Waals surface area contributed by atoms with E-state index in [1.165, 1.54) is 0 Å². The number of benzene rings is 1. The summed E-state index contributed by atoms with van der Waals surface area (Å²) < 4.78 is 0. The fourth-order valence-corrected chi connectivity index (χ4v) is 1.80. The molecule has 102 valence electrons. The number of aromatic nitrogens is 6. The molecule has 0 spiro atoms. The van der Waals surface area contributed by atoms with Gasteiger partial charge in [0, 0.05) is 18.5 Å². The van der Waals surface area contributed by atoms with Gasteiger partial charge in [0.05, 0.1) is 0 Å². The van der Waals surface area contributed by atoms with Gasteiger partial charge in [-0.25, -0.2) is 0 Å². The molecule has 0 unspecified atom stereocenters. The summed E-state index contributed by atoms with van der Waals surface area (Å²) in [6.45, 7) is 0.435. The van der Waals surface area contributed by atoms with Gasteiger partial charge in [-0.15, -0.1) is 5.10 Å². The van der Waals surface area contributed by atoms with Crippen LogP contribution in [-0.4, -0.2) is 43.0 Å². The van der Waals surface area contributed by atoms with Crippen molar-refractivity contribution in [2.75, 3.05) is 12.3 Å². The molecule has 0 radical (unpaired) electrons. The number of anilines is 1. The molecule has 0 bridgehead atoms. The van der Waals surface area contributed by atoms with Crippen molar-refractivity contribution >= 4 is 22.9 Å². The summed E-state index contributed by atoms with van der Waals surface area (Å²) >= 11 is 0. The predicted molar refractivity (Wildman–Crippen MR) is 70.7 cm³/mol. The fourth-order valence-electron chi connectivity index (χ4n) is 1.80. The van der Waals surface area contributed by atoms with Gasteiger partial charge in [0.2, 0.25) is 5.95 Å². The Morgan fingerprint density at radius 2 is 2.10 bits per heavy atom. The smallest absolute Gasteiger partial charge is 0.251 e. The molecule has 2 aromatic heterocycles. The highest BCUT2D eigenvalue weighted by molar-refractivity contribution is 5.97. The van der Waals surface area contributed by atoms with Crippen molar-refractivity contribution in [3.63, 3.8) is 0 Å². The SMILES string of the molecule is Nc1n[nH]c(CCNC(=O)c2ccc3n[nH]nc3c2)n1.